The van der Waals surface area contributed by atoms with Crippen molar-refractivity contribution in [2.24, 2.45) is 5.16 Å². The number of oxime groups is 1. The van der Waals surface area contributed by atoms with Gasteiger partial charge in [-0.15, -0.1) is 0 Å². The first kappa shape index (κ1) is 17.2. The molecule has 9 heteroatoms. The smallest absolute Gasteiger partial charge is 0.412 e. The molecule has 1 saturated heterocycles. The summed E-state index contributed by atoms with van der Waals surface area (Å²) in [4.78, 5) is 24.5. The van der Waals surface area contributed by atoms with Gasteiger partial charge in [0.1, 0.15) is 6.61 Å². The van der Waals surface area contributed by atoms with E-state index >= 15 is 0 Å². The van der Waals surface area contributed by atoms with Crippen LogP contribution in [0, 0.1) is 0 Å². The fraction of sp³-hybridized carbons (Fsp3) is 0.583. The number of amidine groups is 1. The Kier molecular flexibility index (Phi) is 6.86. The van der Waals surface area contributed by atoms with Crippen molar-refractivity contribution in [1.29, 1.82) is 0 Å². The topological polar surface area (TPSA) is 100 Å². The Labute approximate surface area is 128 Å². The Morgan fingerprint density at radius 1 is 1.62 bits per heavy atom. The van der Waals surface area contributed by atoms with Gasteiger partial charge in [0.2, 0.25) is 0 Å². The quantitative estimate of drug-likeness (QED) is 0.181. The van der Waals surface area contributed by atoms with Gasteiger partial charge < -0.3 is 19.6 Å². The van der Waals surface area contributed by atoms with Crippen molar-refractivity contribution in [3.63, 3.8) is 0 Å². The van der Waals surface area contributed by atoms with Crippen LogP contribution in [0.4, 0.5) is 9.59 Å². The molecule has 8 nitrogen and oxygen atoms in total. The third-order valence-corrected chi connectivity index (χ3v) is 3.31. The first-order valence-electron chi connectivity index (χ1n) is 6.30. The molecule has 1 rings (SSSR count). The fourth-order valence-electron chi connectivity index (χ4n) is 2.03. The van der Waals surface area contributed by atoms with Crippen LogP contribution in [0.2, 0.25) is 0 Å². The molecule has 2 atom stereocenters. The lowest BCUT2D eigenvalue weighted by Gasteiger charge is -2.23. The van der Waals surface area contributed by atoms with Crippen molar-refractivity contribution in [2.45, 2.75) is 24.1 Å². The number of thiol groups is 1. The van der Waals surface area contributed by atoms with Crippen LogP contribution in [0.3, 0.4) is 0 Å². The minimum absolute atomic E-state index is 0.00986. The van der Waals surface area contributed by atoms with Gasteiger partial charge in [0.25, 0.3) is 0 Å². The molecule has 0 aromatic heterocycles. The molecule has 0 aliphatic carbocycles. The lowest BCUT2D eigenvalue weighted by atomic mass is 10.1. The van der Waals surface area contributed by atoms with Gasteiger partial charge in [0.15, 0.2) is 5.84 Å². The molecule has 118 valence electrons. The Balaban J connectivity index is 2.67. The predicted octanol–water partition coefficient (Wildman–Crippen LogP) is 1.22. The number of methoxy groups -OCH3 is 1. The molecule has 0 spiro atoms. The van der Waals surface area contributed by atoms with Crippen LogP contribution in [0.25, 0.3) is 0 Å². The number of likely N-dealkylation sites (tertiary alicyclic amines) is 1. The number of carbonyl (C=O) groups excluding carboxylic acids is 2. The Hall–Kier alpha value is -1.90. The molecular formula is C12H19N3O5S. The Bertz CT molecular complexity index is 429. The van der Waals surface area contributed by atoms with Crippen LogP contribution in [-0.4, -0.2) is 59.7 Å². The largest absolute Gasteiger partial charge is 0.453 e. The molecule has 1 fully saturated rings. The van der Waals surface area contributed by atoms with Gasteiger partial charge in [-0.3, -0.25) is 5.32 Å². The number of ether oxygens (including phenoxy) is 2. The van der Waals surface area contributed by atoms with E-state index in [2.05, 4.69) is 34.4 Å². The third-order valence-electron chi connectivity index (χ3n) is 2.93. The number of hydrogen-bond acceptors (Lipinski definition) is 7. The van der Waals surface area contributed by atoms with Crippen LogP contribution < -0.4 is 5.32 Å². The lowest BCUT2D eigenvalue weighted by molar-refractivity contribution is 0.109. The fourth-order valence-corrected chi connectivity index (χ4v) is 2.45. The first-order chi connectivity index (χ1) is 10.0. The summed E-state index contributed by atoms with van der Waals surface area (Å²) in [7, 11) is 1.20. The zero-order valence-corrected chi connectivity index (χ0v) is 12.6. The summed E-state index contributed by atoms with van der Waals surface area (Å²) in [6, 6.07) is -0.284. The van der Waals surface area contributed by atoms with Crippen molar-refractivity contribution in [3.8, 4) is 0 Å². The van der Waals surface area contributed by atoms with Gasteiger partial charge in [0.05, 0.1) is 7.11 Å². The minimum Gasteiger partial charge on any atom is -0.453 e. The maximum absolute atomic E-state index is 11.9. The van der Waals surface area contributed by atoms with E-state index in [0.717, 1.165) is 0 Å². The van der Waals surface area contributed by atoms with Gasteiger partial charge in [-0.2, -0.15) is 12.6 Å². The predicted molar refractivity (Wildman–Crippen MR) is 78.8 cm³/mol. The summed E-state index contributed by atoms with van der Waals surface area (Å²) in [6.45, 7) is 4.00. The third kappa shape index (κ3) is 5.18. The Morgan fingerprint density at radius 3 is 2.90 bits per heavy atom. The monoisotopic (exact) mass is 317 g/mol. The maximum Gasteiger partial charge on any atom is 0.412 e. The molecule has 0 radical (unpaired) electrons. The number of carbonyl (C=O) groups is 2. The van der Waals surface area contributed by atoms with Gasteiger partial charge in [-0.1, -0.05) is 17.8 Å². The van der Waals surface area contributed by atoms with Gasteiger partial charge in [0, 0.05) is 24.3 Å². The summed E-state index contributed by atoms with van der Waals surface area (Å²) in [5.41, 5.74) is 0. The SMILES string of the molecule is C=CCOC(=O)N1C[C@@H](S)C[C@H]1C/C(=N/O)NC(=O)OC. The lowest BCUT2D eigenvalue weighted by Crippen LogP contribution is -2.41. The second-order valence-corrected chi connectivity index (χ2v) is 5.16. The standard InChI is InChI=1S/C12H19N3O5S/c1-3-4-20-12(17)15-7-9(21)5-8(15)6-10(14-18)13-11(16)19-2/h3,8-9,18,21H,1,4-7H2,2H3,(H,13,14,16)/t8-,9-/m0/s1. The molecule has 0 aromatic rings. The summed E-state index contributed by atoms with van der Waals surface area (Å²) in [5, 5.41) is 14.2. The van der Waals surface area contributed by atoms with Crippen LogP contribution in [0.1, 0.15) is 12.8 Å². The zero-order valence-electron chi connectivity index (χ0n) is 11.7. The molecule has 2 amide bonds. The molecule has 0 bridgehead atoms. The van der Waals surface area contributed by atoms with Gasteiger partial charge in [-0.25, -0.2) is 9.59 Å². The number of hydrogen-bond donors (Lipinski definition) is 3. The second-order valence-electron chi connectivity index (χ2n) is 4.43. The van der Waals surface area contributed by atoms with Crippen LogP contribution in [-0.2, 0) is 9.47 Å². The summed E-state index contributed by atoms with van der Waals surface area (Å²) < 4.78 is 9.41. The second kappa shape index (κ2) is 8.40. The van der Waals surface area contributed by atoms with Gasteiger partial charge in [-0.05, 0) is 6.42 Å². The number of amides is 2. The number of rotatable bonds is 4. The molecule has 21 heavy (non-hydrogen) atoms. The molecule has 0 saturated carbocycles. The molecule has 0 unspecified atom stereocenters. The van der Waals surface area contributed by atoms with E-state index in [0.29, 0.717) is 13.0 Å². The highest BCUT2D eigenvalue weighted by Gasteiger charge is 2.35. The molecule has 0 aromatic carbocycles. The minimum atomic E-state index is -0.746. The normalized spacial score (nSPS) is 21.8. The average molecular weight is 317 g/mol. The van der Waals surface area contributed by atoms with Crippen LogP contribution in [0.15, 0.2) is 17.8 Å². The van der Waals surface area contributed by atoms with Crippen molar-refractivity contribution >= 4 is 30.7 Å². The van der Waals surface area contributed by atoms with E-state index in [1.807, 2.05) is 0 Å². The van der Waals surface area contributed by atoms with Crippen molar-refractivity contribution in [3.05, 3.63) is 12.7 Å². The summed E-state index contributed by atoms with van der Waals surface area (Å²) in [6.07, 6.45) is 0.983. The van der Waals surface area contributed by atoms with Crippen LogP contribution >= 0.6 is 12.6 Å². The maximum atomic E-state index is 11.9. The van der Waals surface area contributed by atoms with E-state index in [9.17, 15) is 9.59 Å². The zero-order chi connectivity index (χ0) is 15.8. The first-order valence-corrected chi connectivity index (χ1v) is 6.81. The van der Waals surface area contributed by atoms with Crippen molar-refractivity contribution in [2.75, 3.05) is 20.3 Å². The van der Waals surface area contributed by atoms with E-state index in [1.54, 1.807) is 0 Å². The Morgan fingerprint density at radius 2 is 2.33 bits per heavy atom. The highest BCUT2D eigenvalue weighted by Crippen LogP contribution is 2.25. The highest BCUT2D eigenvalue weighted by molar-refractivity contribution is 7.81. The highest BCUT2D eigenvalue weighted by atomic mass is 32.1. The number of nitrogens with one attached hydrogen (secondary N) is 1. The summed E-state index contributed by atoms with van der Waals surface area (Å²) in [5.74, 6) is 0.0100. The van der Waals surface area contributed by atoms with Crippen molar-refractivity contribution in [1.82, 2.24) is 10.2 Å². The van der Waals surface area contributed by atoms with Crippen molar-refractivity contribution < 1.29 is 24.3 Å². The molecule has 1 aliphatic heterocycles. The molecule has 2 N–H and O–H groups in total. The van der Waals surface area contributed by atoms with E-state index in [1.165, 1.54) is 18.1 Å². The van der Waals surface area contributed by atoms with Gasteiger partial charge >= 0.3 is 12.2 Å². The molecule has 1 aliphatic rings. The number of nitrogens with zero attached hydrogens (tertiary/aromatic N) is 2. The van der Waals surface area contributed by atoms with E-state index in [4.69, 9.17) is 9.94 Å². The number of alkyl carbamates (subject to hydrolysis) is 1. The van der Waals surface area contributed by atoms with Crippen LogP contribution in [0.5, 0.6) is 0 Å². The molecule has 1 heterocycles. The van der Waals surface area contributed by atoms with E-state index in [-0.39, 0.29) is 30.2 Å². The summed E-state index contributed by atoms with van der Waals surface area (Å²) >= 11 is 4.35. The average Bonchev–Trinajstić information content (AvgIpc) is 2.84. The van der Waals surface area contributed by atoms with E-state index < -0.39 is 12.2 Å². The molecular weight excluding hydrogens is 298 g/mol.